The van der Waals surface area contributed by atoms with Crippen molar-refractivity contribution in [3.05, 3.63) is 34.3 Å². The Labute approximate surface area is 102 Å². The smallest absolute Gasteiger partial charge is 0.0445 e. The van der Waals surface area contributed by atoms with Crippen LogP contribution in [-0.2, 0) is 0 Å². The van der Waals surface area contributed by atoms with Crippen LogP contribution < -0.4 is 11.1 Å². The van der Waals surface area contributed by atoms with E-state index < -0.39 is 0 Å². The molecule has 2 nitrogen and oxygen atoms in total. The summed E-state index contributed by atoms with van der Waals surface area (Å²) < 4.78 is 0. The number of hydrogen-bond donors (Lipinski definition) is 2. The molecule has 3 heteroatoms. The van der Waals surface area contributed by atoms with Gasteiger partial charge in [0, 0.05) is 17.6 Å². The minimum atomic E-state index is 0.235. The lowest BCUT2D eigenvalue weighted by Crippen LogP contribution is -2.29. The molecule has 0 bridgehead atoms. The maximum absolute atomic E-state index is 6.12. The fraction of sp³-hybridized carbons (Fsp3) is 0.538. The highest BCUT2D eigenvalue weighted by atomic mass is 35.5. The number of nitrogens with one attached hydrogen (secondary N) is 1. The molecule has 16 heavy (non-hydrogen) atoms. The maximum atomic E-state index is 6.12. The van der Waals surface area contributed by atoms with Gasteiger partial charge in [0.15, 0.2) is 0 Å². The van der Waals surface area contributed by atoms with Gasteiger partial charge in [-0.05, 0) is 49.4 Å². The molecular formula is C13H19ClN2. The van der Waals surface area contributed by atoms with E-state index in [4.69, 9.17) is 17.3 Å². The van der Waals surface area contributed by atoms with Crippen molar-refractivity contribution in [1.29, 1.82) is 0 Å². The second-order valence-corrected chi connectivity index (χ2v) is 5.06. The van der Waals surface area contributed by atoms with Crippen LogP contribution in [-0.4, -0.2) is 13.1 Å². The molecule has 1 aromatic rings. The Bertz CT molecular complexity index is 361. The van der Waals surface area contributed by atoms with Crippen LogP contribution in [0.3, 0.4) is 0 Å². The van der Waals surface area contributed by atoms with Crippen molar-refractivity contribution >= 4 is 11.6 Å². The Morgan fingerprint density at radius 2 is 2.25 bits per heavy atom. The summed E-state index contributed by atoms with van der Waals surface area (Å²) in [5.41, 5.74) is 8.10. The van der Waals surface area contributed by atoms with Gasteiger partial charge in [-0.25, -0.2) is 0 Å². The normalized spacial score (nSPS) is 17.4. The first-order valence-corrected chi connectivity index (χ1v) is 6.28. The van der Waals surface area contributed by atoms with Crippen molar-refractivity contribution in [2.24, 2.45) is 11.7 Å². The molecule has 1 atom stereocenters. The number of aryl methyl sites for hydroxylation is 1. The zero-order valence-electron chi connectivity index (χ0n) is 9.67. The minimum Gasteiger partial charge on any atom is -0.329 e. The molecule has 0 aliphatic heterocycles. The highest BCUT2D eigenvalue weighted by Crippen LogP contribution is 2.29. The SMILES string of the molecule is Cc1ccc(C(CN)NCC2CC2)cc1Cl. The molecule has 1 aliphatic carbocycles. The van der Waals surface area contributed by atoms with E-state index in [9.17, 15) is 0 Å². The van der Waals surface area contributed by atoms with Crippen LogP contribution in [0.4, 0.5) is 0 Å². The third kappa shape index (κ3) is 2.97. The molecule has 3 N–H and O–H groups in total. The van der Waals surface area contributed by atoms with Crippen LogP contribution in [0, 0.1) is 12.8 Å². The van der Waals surface area contributed by atoms with Gasteiger partial charge >= 0.3 is 0 Å². The van der Waals surface area contributed by atoms with Gasteiger partial charge in [0.25, 0.3) is 0 Å². The zero-order valence-corrected chi connectivity index (χ0v) is 10.4. The third-order valence-corrected chi connectivity index (χ3v) is 3.59. The van der Waals surface area contributed by atoms with Crippen molar-refractivity contribution < 1.29 is 0 Å². The van der Waals surface area contributed by atoms with Gasteiger partial charge in [-0.1, -0.05) is 23.7 Å². The van der Waals surface area contributed by atoms with E-state index in [1.807, 2.05) is 13.0 Å². The molecule has 0 spiro atoms. The zero-order chi connectivity index (χ0) is 11.5. The van der Waals surface area contributed by atoms with Crippen molar-refractivity contribution in [3.8, 4) is 0 Å². The lowest BCUT2D eigenvalue weighted by molar-refractivity contribution is 0.522. The monoisotopic (exact) mass is 238 g/mol. The van der Waals surface area contributed by atoms with Gasteiger partial charge in [-0.2, -0.15) is 0 Å². The first-order valence-electron chi connectivity index (χ1n) is 5.90. The van der Waals surface area contributed by atoms with Gasteiger partial charge in [-0.3, -0.25) is 0 Å². The predicted octanol–water partition coefficient (Wildman–Crippen LogP) is 2.65. The number of halogens is 1. The summed E-state index contributed by atoms with van der Waals surface area (Å²) in [5.74, 6) is 0.870. The molecular weight excluding hydrogens is 220 g/mol. The van der Waals surface area contributed by atoms with Gasteiger partial charge in [0.05, 0.1) is 0 Å². The highest BCUT2D eigenvalue weighted by Gasteiger charge is 2.22. The van der Waals surface area contributed by atoms with E-state index >= 15 is 0 Å². The van der Waals surface area contributed by atoms with Gasteiger partial charge in [0.1, 0.15) is 0 Å². The molecule has 1 saturated carbocycles. The summed E-state index contributed by atoms with van der Waals surface area (Å²) >= 11 is 6.12. The number of hydrogen-bond acceptors (Lipinski definition) is 2. The Balaban J connectivity index is 2.02. The van der Waals surface area contributed by atoms with Gasteiger partial charge < -0.3 is 11.1 Å². The second-order valence-electron chi connectivity index (χ2n) is 4.65. The molecule has 2 rings (SSSR count). The fourth-order valence-electron chi connectivity index (χ4n) is 1.79. The lowest BCUT2D eigenvalue weighted by Gasteiger charge is -2.17. The molecule has 0 amide bonds. The number of rotatable bonds is 5. The van der Waals surface area contributed by atoms with Crippen molar-refractivity contribution in [2.75, 3.05) is 13.1 Å². The average molecular weight is 239 g/mol. The van der Waals surface area contributed by atoms with Crippen LogP contribution in [0.5, 0.6) is 0 Å². The standard InChI is InChI=1S/C13H19ClN2/c1-9-2-5-11(6-12(9)14)13(7-15)16-8-10-3-4-10/h2,5-6,10,13,16H,3-4,7-8,15H2,1H3. The molecule has 88 valence electrons. The lowest BCUT2D eigenvalue weighted by atomic mass is 10.0. The Kier molecular flexibility index (Phi) is 3.85. The van der Waals surface area contributed by atoms with E-state index in [0.29, 0.717) is 6.54 Å². The molecule has 1 unspecified atom stereocenters. The third-order valence-electron chi connectivity index (χ3n) is 3.18. The Morgan fingerprint density at radius 1 is 1.50 bits per heavy atom. The average Bonchev–Trinajstić information content (AvgIpc) is 3.08. The van der Waals surface area contributed by atoms with E-state index in [1.54, 1.807) is 0 Å². The summed E-state index contributed by atoms with van der Waals surface area (Å²) in [5, 5.41) is 4.33. The van der Waals surface area contributed by atoms with E-state index in [0.717, 1.165) is 23.0 Å². The number of benzene rings is 1. The van der Waals surface area contributed by atoms with Crippen LogP contribution in [0.1, 0.15) is 30.0 Å². The maximum Gasteiger partial charge on any atom is 0.0445 e. The highest BCUT2D eigenvalue weighted by molar-refractivity contribution is 6.31. The predicted molar refractivity (Wildman–Crippen MR) is 68.7 cm³/mol. The molecule has 1 aliphatic rings. The van der Waals surface area contributed by atoms with E-state index in [1.165, 1.54) is 18.4 Å². The van der Waals surface area contributed by atoms with E-state index in [2.05, 4.69) is 17.4 Å². The summed E-state index contributed by atoms with van der Waals surface area (Å²) in [6, 6.07) is 6.42. The summed E-state index contributed by atoms with van der Waals surface area (Å²) in [6.07, 6.45) is 2.72. The molecule has 0 saturated heterocycles. The van der Waals surface area contributed by atoms with Gasteiger partial charge in [-0.15, -0.1) is 0 Å². The minimum absolute atomic E-state index is 0.235. The fourth-order valence-corrected chi connectivity index (χ4v) is 1.98. The summed E-state index contributed by atoms with van der Waals surface area (Å²) in [4.78, 5) is 0. The molecule has 1 fully saturated rings. The molecule has 0 aromatic heterocycles. The summed E-state index contributed by atoms with van der Waals surface area (Å²) in [7, 11) is 0. The van der Waals surface area contributed by atoms with E-state index in [-0.39, 0.29) is 6.04 Å². The number of nitrogens with two attached hydrogens (primary N) is 1. The van der Waals surface area contributed by atoms with Crippen molar-refractivity contribution in [2.45, 2.75) is 25.8 Å². The Hall–Kier alpha value is -0.570. The molecule has 0 radical (unpaired) electrons. The summed E-state index contributed by atoms with van der Waals surface area (Å²) in [6.45, 7) is 3.71. The molecule has 1 aromatic carbocycles. The van der Waals surface area contributed by atoms with Gasteiger partial charge in [0.2, 0.25) is 0 Å². The molecule has 0 heterocycles. The van der Waals surface area contributed by atoms with Crippen molar-refractivity contribution in [1.82, 2.24) is 5.32 Å². The quantitative estimate of drug-likeness (QED) is 0.828. The van der Waals surface area contributed by atoms with Crippen molar-refractivity contribution in [3.63, 3.8) is 0 Å². The second kappa shape index (κ2) is 5.17. The van der Waals surface area contributed by atoms with Crippen LogP contribution in [0.2, 0.25) is 5.02 Å². The largest absolute Gasteiger partial charge is 0.329 e. The Morgan fingerprint density at radius 3 is 2.81 bits per heavy atom. The first kappa shape index (κ1) is 11.9. The van der Waals surface area contributed by atoms with Crippen LogP contribution in [0.15, 0.2) is 18.2 Å². The topological polar surface area (TPSA) is 38.0 Å². The van der Waals surface area contributed by atoms with Crippen LogP contribution >= 0.6 is 11.6 Å². The van der Waals surface area contributed by atoms with Crippen LogP contribution in [0.25, 0.3) is 0 Å². The first-order chi connectivity index (χ1) is 7.70.